The van der Waals surface area contributed by atoms with E-state index in [0.29, 0.717) is 13.1 Å². The largest absolute Gasteiger partial charge is 0.389 e. The Bertz CT molecular complexity index is 316. The average molecular weight is 227 g/mol. The summed E-state index contributed by atoms with van der Waals surface area (Å²) in [5, 5.41) is 18.8. The number of thiophene rings is 1. The van der Waals surface area contributed by atoms with E-state index in [0.717, 1.165) is 13.0 Å². The Kier molecular flexibility index (Phi) is 3.41. The van der Waals surface area contributed by atoms with E-state index in [1.54, 1.807) is 0 Å². The zero-order chi connectivity index (χ0) is 10.8. The Morgan fingerprint density at radius 3 is 2.40 bits per heavy atom. The number of likely N-dealkylation sites (tertiary alicyclic amines) is 1. The lowest BCUT2D eigenvalue weighted by atomic mass is 10.3. The highest BCUT2D eigenvalue weighted by molar-refractivity contribution is 7.11. The third-order valence-corrected chi connectivity index (χ3v) is 3.99. The summed E-state index contributed by atoms with van der Waals surface area (Å²) in [6.07, 6.45) is -0.0677. The molecule has 0 bridgehead atoms. The molecule has 0 aliphatic carbocycles. The highest BCUT2D eigenvalue weighted by atomic mass is 32.1. The molecule has 84 valence electrons. The maximum Gasteiger partial charge on any atom is 0.0938 e. The van der Waals surface area contributed by atoms with E-state index in [4.69, 9.17) is 0 Å². The van der Waals surface area contributed by atoms with Gasteiger partial charge in [0.15, 0.2) is 0 Å². The second-order valence-corrected chi connectivity index (χ2v) is 5.30. The summed E-state index contributed by atoms with van der Waals surface area (Å²) in [6.45, 7) is 4.17. The van der Waals surface area contributed by atoms with Gasteiger partial charge in [-0.05, 0) is 18.6 Å². The molecule has 4 heteroatoms. The Morgan fingerprint density at radius 2 is 1.87 bits per heavy atom. The van der Waals surface area contributed by atoms with Gasteiger partial charge in [0.2, 0.25) is 0 Å². The summed E-state index contributed by atoms with van der Waals surface area (Å²) in [6, 6.07) is 4.30. The lowest BCUT2D eigenvalue weighted by Gasteiger charge is -2.12. The molecule has 15 heavy (non-hydrogen) atoms. The molecule has 1 fully saturated rings. The second-order valence-electron chi connectivity index (χ2n) is 4.05. The third-order valence-electron chi connectivity index (χ3n) is 2.78. The molecular weight excluding hydrogens is 210 g/mol. The Balaban J connectivity index is 1.92. The average Bonchev–Trinajstić information content (AvgIpc) is 2.76. The predicted molar refractivity (Wildman–Crippen MR) is 61.0 cm³/mol. The lowest BCUT2D eigenvalue weighted by Crippen LogP contribution is -2.22. The van der Waals surface area contributed by atoms with Gasteiger partial charge < -0.3 is 10.2 Å². The van der Waals surface area contributed by atoms with Gasteiger partial charge >= 0.3 is 0 Å². The zero-order valence-corrected chi connectivity index (χ0v) is 9.70. The van der Waals surface area contributed by atoms with Crippen LogP contribution in [0.2, 0.25) is 0 Å². The Morgan fingerprint density at radius 1 is 1.27 bits per heavy atom. The molecule has 1 aliphatic rings. The van der Waals surface area contributed by atoms with Gasteiger partial charge in [0.05, 0.1) is 12.2 Å². The van der Waals surface area contributed by atoms with Gasteiger partial charge in [-0.25, -0.2) is 0 Å². The normalized spacial score (nSPS) is 27.4. The summed E-state index contributed by atoms with van der Waals surface area (Å²) in [5.74, 6) is 0. The molecule has 1 aromatic heterocycles. The second kappa shape index (κ2) is 4.61. The minimum absolute atomic E-state index is 0.574. The van der Waals surface area contributed by atoms with E-state index in [1.807, 2.05) is 11.3 Å². The molecule has 0 aromatic carbocycles. The first kappa shape index (κ1) is 11.1. The van der Waals surface area contributed by atoms with Crippen molar-refractivity contribution in [2.45, 2.75) is 32.1 Å². The Hall–Kier alpha value is -0.420. The van der Waals surface area contributed by atoms with Gasteiger partial charge in [-0.2, -0.15) is 0 Å². The third kappa shape index (κ3) is 2.58. The fraction of sp³-hybridized carbons (Fsp3) is 0.636. The van der Waals surface area contributed by atoms with Crippen molar-refractivity contribution >= 4 is 11.3 Å². The summed E-state index contributed by atoms with van der Waals surface area (Å²) in [5.41, 5.74) is 0. The number of hydrogen-bond acceptors (Lipinski definition) is 4. The molecule has 0 saturated carbocycles. The minimum Gasteiger partial charge on any atom is -0.389 e. The molecule has 2 atom stereocenters. The number of nitrogens with zero attached hydrogens (tertiary/aromatic N) is 1. The molecule has 0 amide bonds. The van der Waals surface area contributed by atoms with Crippen LogP contribution < -0.4 is 0 Å². The number of aliphatic hydroxyl groups excluding tert-OH is 2. The van der Waals surface area contributed by atoms with Crippen LogP contribution in [0.1, 0.15) is 16.7 Å². The standard InChI is InChI=1S/C11H17NO2S/c1-2-8-3-4-9(15-8)5-12-6-10(13)11(14)7-12/h3-4,10-11,13-14H,2,5-7H2,1H3/t10-,11+. The van der Waals surface area contributed by atoms with Crippen LogP contribution in [0, 0.1) is 0 Å². The smallest absolute Gasteiger partial charge is 0.0938 e. The van der Waals surface area contributed by atoms with Crippen LogP contribution in [-0.2, 0) is 13.0 Å². The van der Waals surface area contributed by atoms with Crippen molar-refractivity contribution in [3.63, 3.8) is 0 Å². The van der Waals surface area contributed by atoms with Crippen molar-refractivity contribution in [2.24, 2.45) is 0 Å². The van der Waals surface area contributed by atoms with Crippen molar-refractivity contribution in [3.05, 3.63) is 21.9 Å². The quantitative estimate of drug-likeness (QED) is 0.804. The molecule has 1 aliphatic heterocycles. The van der Waals surface area contributed by atoms with Gasteiger partial charge in [-0.15, -0.1) is 11.3 Å². The van der Waals surface area contributed by atoms with Crippen molar-refractivity contribution < 1.29 is 10.2 Å². The van der Waals surface area contributed by atoms with E-state index < -0.39 is 12.2 Å². The van der Waals surface area contributed by atoms with Crippen molar-refractivity contribution in [2.75, 3.05) is 13.1 Å². The molecule has 2 N–H and O–H groups in total. The minimum atomic E-state index is -0.574. The molecule has 0 radical (unpaired) electrons. The van der Waals surface area contributed by atoms with Gasteiger partial charge in [0.25, 0.3) is 0 Å². The summed E-state index contributed by atoms with van der Waals surface area (Å²) in [4.78, 5) is 4.80. The highest BCUT2D eigenvalue weighted by Crippen LogP contribution is 2.21. The summed E-state index contributed by atoms with van der Waals surface area (Å²) >= 11 is 1.82. The van der Waals surface area contributed by atoms with Gasteiger partial charge in [-0.3, -0.25) is 4.90 Å². The lowest BCUT2D eigenvalue weighted by molar-refractivity contribution is 0.0572. The first-order chi connectivity index (χ1) is 7.19. The van der Waals surface area contributed by atoms with Gasteiger partial charge in [-0.1, -0.05) is 6.92 Å². The van der Waals surface area contributed by atoms with E-state index in [9.17, 15) is 10.2 Å². The summed E-state index contributed by atoms with van der Waals surface area (Å²) in [7, 11) is 0. The fourth-order valence-corrected chi connectivity index (χ4v) is 2.89. The van der Waals surface area contributed by atoms with Crippen LogP contribution in [0.5, 0.6) is 0 Å². The number of aryl methyl sites for hydroxylation is 1. The van der Waals surface area contributed by atoms with Crippen LogP contribution in [0.4, 0.5) is 0 Å². The molecule has 1 saturated heterocycles. The summed E-state index contributed by atoms with van der Waals surface area (Å²) < 4.78 is 0. The maximum atomic E-state index is 9.41. The van der Waals surface area contributed by atoms with Gasteiger partial charge in [0, 0.05) is 29.4 Å². The van der Waals surface area contributed by atoms with Crippen LogP contribution >= 0.6 is 11.3 Å². The van der Waals surface area contributed by atoms with Crippen LogP contribution in [0.25, 0.3) is 0 Å². The zero-order valence-electron chi connectivity index (χ0n) is 8.89. The first-order valence-electron chi connectivity index (χ1n) is 5.35. The van der Waals surface area contributed by atoms with E-state index in [2.05, 4.69) is 24.0 Å². The van der Waals surface area contributed by atoms with Gasteiger partial charge in [0.1, 0.15) is 0 Å². The van der Waals surface area contributed by atoms with E-state index >= 15 is 0 Å². The molecule has 1 aromatic rings. The molecule has 2 rings (SSSR count). The fourth-order valence-electron chi connectivity index (χ4n) is 1.89. The van der Waals surface area contributed by atoms with Crippen LogP contribution in [0.15, 0.2) is 12.1 Å². The highest BCUT2D eigenvalue weighted by Gasteiger charge is 2.29. The van der Waals surface area contributed by atoms with Crippen molar-refractivity contribution in [3.8, 4) is 0 Å². The molecule has 2 heterocycles. The Labute approximate surface area is 94.0 Å². The number of rotatable bonds is 3. The molecule has 0 spiro atoms. The monoisotopic (exact) mass is 227 g/mol. The van der Waals surface area contributed by atoms with E-state index in [1.165, 1.54) is 9.75 Å². The maximum absolute atomic E-state index is 9.41. The number of β-amino-alcohol motifs (C(OH)–C–C–N with tert-alkyl or cyclic N) is 2. The predicted octanol–water partition coefficient (Wildman–Crippen LogP) is 0.848. The molecule has 0 unspecified atom stereocenters. The molecule has 3 nitrogen and oxygen atoms in total. The SMILES string of the molecule is CCc1ccc(CN2C[C@@H](O)[C@@H](O)C2)s1. The van der Waals surface area contributed by atoms with Crippen LogP contribution in [-0.4, -0.2) is 40.4 Å². The van der Waals surface area contributed by atoms with Crippen molar-refractivity contribution in [1.82, 2.24) is 4.90 Å². The van der Waals surface area contributed by atoms with Crippen molar-refractivity contribution in [1.29, 1.82) is 0 Å². The van der Waals surface area contributed by atoms with E-state index in [-0.39, 0.29) is 0 Å². The molecular formula is C11H17NO2S. The number of hydrogen-bond donors (Lipinski definition) is 2. The number of aliphatic hydroxyl groups is 2. The van der Waals surface area contributed by atoms with Crippen LogP contribution in [0.3, 0.4) is 0 Å². The first-order valence-corrected chi connectivity index (χ1v) is 6.16. The topological polar surface area (TPSA) is 43.7 Å².